The highest BCUT2D eigenvalue weighted by molar-refractivity contribution is 7.99. The van der Waals surface area contributed by atoms with Crippen LogP contribution in [0, 0.1) is 0 Å². The number of carbonyl (C=O) groups is 2. The Morgan fingerprint density at radius 1 is 1.15 bits per heavy atom. The van der Waals surface area contributed by atoms with Gasteiger partial charge in [0, 0.05) is 10.9 Å². The predicted molar refractivity (Wildman–Crippen MR) is 126 cm³/mol. The summed E-state index contributed by atoms with van der Waals surface area (Å²) in [6.45, 7) is 1.71. The molecule has 4 rings (SSSR count). The van der Waals surface area contributed by atoms with Gasteiger partial charge in [0.25, 0.3) is 5.56 Å². The van der Waals surface area contributed by atoms with Crippen LogP contribution in [0.2, 0.25) is 0 Å². The number of H-pyrrole nitrogens is 1. The van der Waals surface area contributed by atoms with Crippen LogP contribution in [0.15, 0.2) is 58.5 Å². The van der Waals surface area contributed by atoms with Crippen molar-refractivity contribution < 1.29 is 19.1 Å². The molecule has 2 heterocycles. The van der Waals surface area contributed by atoms with Crippen LogP contribution in [-0.4, -0.2) is 52.4 Å². The lowest BCUT2D eigenvalue weighted by atomic mass is 10.2. The molecule has 0 fully saturated rings. The lowest BCUT2D eigenvalue weighted by molar-refractivity contribution is -0.143. The number of nitrogens with one attached hydrogen (secondary N) is 2. The molecule has 0 unspecified atom stereocenters. The van der Waals surface area contributed by atoms with E-state index in [1.54, 1.807) is 31.2 Å². The van der Waals surface area contributed by atoms with Gasteiger partial charge in [0.1, 0.15) is 23.3 Å². The number of hydrogen-bond donors (Lipinski definition) is 2. The summed E-state index contributed by atoms with van der Waals surface area (Å²) in [4.78, 5) is 45.3. The Morgan fingerprint density at radius 3 is 2.70 bits per heavy atom. The lowest BCUT2D eigenvalue weighted by Gasteiger charge is -2.15. The van der Waals surface area contributed by atoms with Crippen LogP contribution < -0.4 is 15.6 Å². The molecule has 0 radical (unpaired) electrons. The molecule has 0 saturated carbocycles. The molecule has 2 aromatic heterocycles. The van der Waals surface area contributed by atoms with Crippen LogP contribution >= 0.6 is 11.8 Å². The summed E-state index contributed by atoms with van der Waals surface area (Å²) in [6, 6.07) is 14.6. The third kappa shape index (κ3) is 4.56. The molecular weight excluding hydrogens is 444 g/mol. The monoisotopic (exact) mass is 466 g/mol. The van der Waals surface area contributed by atoms with E-state index >= 15 is 0 Å². The van der Waals surface area contributed by atoms with Crippen molar-refractivity contribution in [3.63, 3.8) is 0 Å². The van der Waals surface area contributed by atoms with Gasteiger partial charge in [-0.15, -0.1) is 0 Å². The van der Waals surface area contributed by atoms with E-state index in [1.165, 1.54) is 11.7 Å². The first-order valence-corrected chi connectivity index (χ1v) is 11.2. The van der Waals surface area contributed by atoms with E-state index in [2.05, 4.69) is 10.3 Å². The molecule has 0 aliphatic heterocycles. The molecule has 2 aromatic carbocycles. The van der Waals surface area contributed by atoms with Crippen LogP contribution in [0.4, 0.5) is 0 Å². The standard InChI is InChI=1S/C23H22N4O5S/c1-3-32-19(29)12-24-18(28)13-33-23-26-20-14-8-4-5-9-15(14)25-21(20)22(30)27(23)16-10-6-7-11-17(16)31-2/h4-11,25H,3,12-13H2,1-2H3,(H,24,28). The van der Waals surface area contributed by atoms with Gasteiger partial charge in [0.05, 0.1) is 25.2 Å². The number of aromatic amines is 1. The van der Waals surface area contributed by atoms with E-state index in [1.807, 2.05) is 24.3 Å². The fourth-order valence-corrected chi connectivity index (χ4v) is 4.26. The van der Waals surface area contributed by atoms with Crippen molar-refractivity contribution in [3.05, 3.63) is 58.9 Å². The van der Waals surface area contributed by atoms with Crippen molar-refractivity contribution in [2.24, 2.45) is 0 Å². The predicted octanol–water partition coefficient (Wildman–Crippen LogP) is 2.65. The molecule has 10 heteroatoms. The lowest BCUT2D eigenvalue weighted by Crippen LogP contribution is -2.32. The first kappa shape index (κ1) is 22.4. The maximum absolute atomic E-state index is 13.6. The quantitative estimate of drug-likeness (QED) is 0.233. The summed E-state index contributed by atoms with van der Waals surface area (Å²) in [5.41, 5.74) is 1.87. The van der Waals surface area contributed by atoms with Gasteiger partial charge >= 0.3 is 5.97 Å². The molecule has 0 saturated heterocycles. The first-order chi connectivity index (χ1) is 16.0. The molecule has 2 N–H and O–H groups in total. The van der Waals surface area contributed by atoms with Gasteiger partial charge in [0.15, 0.2) is 5.16 Å². The number of para-hydroxylation sites is 3. The number of ether oxygens (including phenoxy) is 2. The zero-order chi connectivity index (χ0) is 23.4. The van der Waals surface area contributed by atoms with Crippen molar-refractivity contribution >= 4 is 45.6 Å². The molecule has 33 heavy (non-hydrogen) atoms. The number of amides is 1. The number of benzene rings is 2. The second-order valence-electron chi connectivity index (χ2n) is 6.97. The molecular formula is C23H22N4O5S. The molecule has 0 bridgehead atoms. The van der Waals surface area contributed by atoms with E-state index in [0.29, 0.717) is 27.6 Å². The van der Waals surface area contributed by atoms with Crippen molar-refractivity contribution in [3.8, 4) is 11.4 Å². The second kappa shape index (κ2) is 9.78. The first-order valence-electron chi connectivity index (χ1n) is 10.3. The normalized spacial score (nSPS) is 11.0. The summed E-state index contributed by atoms with van der Waals surface area (Å²) in [6.07, 6.45) is 0. The third-order valence-corrected chi connectivity index (χ3v) is 5.83. The highest BCUT2D eigenvalue weighted by atomic mass is 32.2. The minimum absolute atomic E-state index is 0.0468. The van der Waals surface area contributed by atoms with E-state index in [9.17, 15) is 14.4 Å². The minimum Gasteiger partial charge on any atom is -0.495 e. The Morgan fingerprint density at radius 2 is 1.91 bits per heavy atom. The molecule has 1 amide bonds. The highest BCUT2D eigenvalue weighted by Gasteiger charge is 2.20. The molecule has 4 aromatic rings. The van der Waals surface area contributed by atoms with Crippen molar-refractivity contribution in [2.75, 3.05) is 26.0 Å². The molecule has 0 spiro atoms. The van der Waals surface area contributed by atoms with Gasteiger partial charge in [0.2, 0.25) is 5.91 Å². The van der Waals surface area contributed by atoms with E-state index < -0.39 is 5.97 Å². The third-order valence-electron chi connectivity index (χ3n) is 4.89. The van der Waals surface area contributed by atoms with Crippen LogP contribution in [0.5, 0.6) is 5.75 Å². The molecule has 9 nitrogen and oxygen atoms in total. The SMILES string of the molecule is CCOC(=O)CNC(=O)CSc1nc2c([nH]c3ccccc32)c(=O)n1-c1ccccc1OC. The number of nitrogens with zero attached hydrogens (tertiary/aromatic N) is 2. The molecule has 0 aliphatic rings. The fraction of sp³-hybridized carbons (Fsp3) is 0.217. The summed E-state index contributed by atoms with van der Waals surface area (Å²) in [5, 5.41) is 3.65. The fourth-order valence-electron chi connectivity index (χ4n) is 3.43. The largest absolute Gasteiger partial charge is 0.495 e. The maximum Gasteiger partial charge on any atom is 0.325 e. The van der Waals surface area contributed by atoms with Crippen molar-refractivity contribution in [2.45, 2.75) is 12.1 Å². The highest BCUT2D eigenvalue weighted by Crippen LogP contribution is 2.29. The van der Waals surface area contributed by atoms with E-state index in [0.717, 1.165) is 22.7 Å². The number of rotatable bonds is 8. The number of aromatic nitrogens is 3. The van der Waals surface area contributed by atoms with Crippen LogP contribution in [0.25, 0.3) is 27.6 Å². The Hall–Kier alpha value is -3.79. The Labute approximate surface area is 193 Å². The smallest absolute Gasteiger partial charge is 0.325 e. The van der Waals surface area contributed by atoms with Crippen molar-refractivity contribution in [1.29, 1.82) is 0 Å². The number of esters is 1. The van der Waals surface area contributed by atoms with Gasteiger partial charge in [-0.05, 0) is 25.1 Å². The summed E-state index contributed by atoms with van der Waals surface area (Å²) in [7, 11) is 1.52. The average Bonchev–Trinajstić information content (AvgIpc) is 3.21. The van der Waals surface area contributed by atoms with Gasteiger partial charge in [-0.25, -0.2) is 9.55 Å². The zero-order valence-electron chi connectivity index (χ0n) is 18.1. The Bertz CT molecular complexity index is 1390. The summed E-state index contributed by atoms with van der Waals surface area (Å²) in [5.74, 6) is -0.451. The summed E-state index contributed by atoms with van der Waals surface area (Å²) >= 11 is 1.09. The molecule has 0 aliphatic carbocycles. The van der Waals surface area contributed by atoms with Crippen LogP contribution in [-0.2, 0) is 14.3 Å². The number of carbonyl (C=O) groups excluding carboxylic acids is 2. The number of thioether (sulfide) groups is 1. The number of fused-ring (bicyclic) bond motifs is 3. The maximum atomic E-state index is 13.6. The van der Waals surface area contributed by atoms with Gasteiger partial charge in [-0.2, -0.15) is 0 Å². The van der Waals surface area contributed by atoms with Crippen LogP contribution in [0.3, 0.4) is 0 Å². The zero-order valence-corrected chi connectivity index (χ0v) is 18.9. The van der Waals surface area contributed by atoms with Gasteiger partial charge in [-0.1, -0.05) is 42.1 Å². The minimum atomic E-state index is -0.514. The Kier molecular flexibility index (Phi) is 6.64. The molecule has 170 valence electrons. The van der Waals surface area contributed by atoms with Crippen molar-refractivity contribution in [1.82, 2.24) is 19.9 Å². The van der Waals surface area contributed by atoms with Gasteiger partial charge in [-0.3, -0.25) is 14.4 Å². The van der Waals surface area contributed by atoms with Gasteiger partial charge < -0.3 is 19.8 Å². The van der Waals surface area contributed by atoms with E-state index in [-0.39, 0.29) is 30.4 Å². The van der Waals surface area contributed by atoms with Crippen LogP contribution in [0.1, 0.15) is 6.92 Å². The van der Waals surface area contributed by atoms with E-state index in [4.69, 9.17) is 14.5 Å². The average molecular weight is 467 g/mol. The molecule has 0 atom stereocenters. The topological polar surface area (TPSA) is 115 Å². The Balaban J connectivity index is 1.76. The summed E-state index contributed by atoms with van der Waals surface area (Å²) < 4.78 is 11.7. The number of methoxy groups -OCH3 is 1. The second-order valence-corrected chi connectivity index (χ2v) is 7.91. The number of hydrogen-bond acceptors (Lipinski definition) is 7.